The Balaban J connectivity index is 2.91. The predicted molar refractivity (Wildman–Crippen MR) is 64.5 cm³/mol. The van der Waals surface area contributed by atoms with Gasteiger partial charge >= 0.3 is 0 Å². The molecule has 7 heteroatoms. The van der Waals surface area contributed by atoms with E-state index in [4.69, 9.17) is 15.0 Å². The van der Waals surface area contributed by atoms with Crippen LogP contribution in [0.1, 0.15) is 11.7 Å². The normalized spacial score (nSPS) is 13.3. The Hall–Kier alpha value is -1.95. The minimum atomic E-state index is -1.17. The van der Waals surface area contributed by atoms with Gasteiger partial charge in [-0.1, -0.05) is 11.2 Å². The predicted octanol–water partition coefficient (Wildman–Crippen LogP) is 1.41. The van der Waals surface area contributed by atoms with Gasteiger partial charge in [-0.15, -0.1) is 0 Å². The van der Waals surface area contributed by atoms with Gasteiger partial charge in [-0.05, 0) is 23.2 Å². The van der Waals surface area contributed by atoms with Crippen LogP contribution >= 0.6 is 0 Å². The van der Waals surface area contributed by atoms with E-state index in [1.54, 1.807) is 18.2 Å². The molecule has 18 heavy (non-hydrogen) atoms. The van der Waals surface area contributed by atoms with Gasteiger partial charge in [0.1, 0.15) is 6.10 Å². The molecule has 2 N–H and O–H groups in total. The van der Waals surface area contributed by atoms with E-state index in [-0.39, 0.29) is 6.54 Å². The van der Waals surface area contributed by atoms with Gasteiger partial charge in [-0.25, -0.2) is 0 Å². The number of aliphatic hydroxyl groups is 2. The Morgan fingerprint density at radius 1 is 1.28 bits per heavy atom. The molecular formula is C11H15N3O4. The van der Waals surface area contributed by atoms with Crippen LogP contribution in [-0.4, -0.2) is 37.1 Å². The van der Waals surface area contributed by atoms with Crippen molar-refractivity contribution >= 4 is 0 Å². The molecule has 0 amide bonds. The number of hydrogen-bond donors (Lipinski definition) is 2. The molecule has 1 aromatic rings. The molecular weight excluding hydrogens is 238 g/mol. The highest BCUT2D eigenvalue weighted by Crippen LogP contribution is 2.30. The number of methoxy groups -OCH3 is 2. The van der Waals surface area contributed by atoms with Crippen LogP contribution in [0.5, 0.6) is 11.5 Å². The van der Waals surface area contributed by atoms with Crippen LogP contribution < -0.4 is 9.47 Å². The lowest BCUT2D eigenvalue weighted by atomic mass is 10.0. The molecule has 0 spiro atoms. The van der Waals surface area contributed by atoms with E-state index in [1.165, 1.54) is 14.2 Å². The maximum Gasteiger partial charge on any atom is 0.161 e. The summed E-state index contributed by atoms with van der Waals surface area (Å²) < 4.78 is 10.1. The lowest BCUT2D eigenvalue weighted by Crippen LogP contribution is -2.21. The Labute approximate surface area is 104 Å². The van der Waals surface area contributed by atoms with Gasteiger partial charge in [-0.2, -0.15) is 0 Å². The summed E-state index contributed by atoms with van der Waals surface area (Å²) in [7, 11) is 2.98. The van der Waals surface area contributed by atoms with Crippen molar-refractivity contribution in [1.82, 2.24) is 0 Å². The quantitative estimate of drug-likeness (QED) is 0.454. The fourth-order valence-corrected chi connectivity index (χ4v) is 1.48. The first-order chi connectivity index (χ1) is 8.63. The number of benzene rings is 1. The second kappa shape index (κ2) is 6.70. The van der Waals surface area contributed by atoms with Gasteiger partial charge in [-0.3, -0.25) is 0 Å². The first kappa shape index (κ1) is 14.1. The smallest absolute Gasteiger partial charge is 0.161 e. The molecule has 0 aliphatic heterocycles. The second-order valence-corrected chi connectivity index (χ2v) is 3.54. The molecule has 0 aliphatic carbocycles. The van der Waals surface area contributed by atoms with Crippen molar-refractivity contribution in [2.45, 2.75) is 12.2 Å². The average molecular weight is 253 g/mol. The van der Waals surface area contributed by atoms with E-state index in [0.717, 1.165) is 0 Å². The van der Waals surface area contributed by atoms with Crippen LogP contribution in [0.2, 0.25) is 0 Å². The molecule has 7 nitrogen and oxygen atoms in total. The van der Waals surface area contributed by atoms with Gasteiger partial charge in [0.15, 0.2) is 11.5 Å². The number of nitrogens with zero attached hydrogens (tertiary/aromatic N) is 3. The molecule has 0 bridgehead atoms. The van der Waals surface area contributed by atoms with Crippen LogP contribution in [0.25, 0.3) is 10.4 Å². The molecule has 1 aromatic carbocycles. The zero-order valence-electron chi connectivity index (χ0n) is 10.1. The van der Waals surface area contributed by atoms with E-state index in [2.05, 4.69) is 10.0 Å². The zero-order chi connectivity index (χ0) is 13.5. The summed E-state index contributed by atoms with van der Waals surface area (Å²) in [6, 6.07) is 4.78. The molecule has 0 radical (unpaired) electrons. The third kappa shape index (κ3) is 3.27. The molecule has 0 fully saturated rings. The minimum absolute atomic E-state index is 0.202. The lowest BCUT2D eigenvalue weighted by molar-refractivity contribution is 0.0242. The monoisotopic (exact) mass is 253 g/mol. The number of rotatable bonds is 6. The Morgan fingerprint density at radius 2 is 1.94 bits per heavy atom. The number of aliphatic hydroxyl groups excluding tert-OH is 2. The highest BCUT2D eigenvalue weighted by molar-refractivity contribution is 5.43. The highest BCUT2D eigenvalue weighted by Gasteiger charge is 2.19. The van der Waals surface area contributed by atoms with Gasteiger partial charge in [0.25, 0.3) is 0 Å². The van der Waals surface area contributed by atoms with Gasteiger partial charge < -0.3 is 19.7 Å². The summed E-state index contributed by atoms with van der Waals surface area (Å²) in [6.07, 6.45) is -2.32. The fraction of sp³-hybridized carbons (Fsp3) is 0.455. The Morgan fingerprint density at radius 3 is 2.50 bits per heavy atom. The Kier molecular flexibility index (Phi) is 5.26. The number of ether oxygens (including phenoxy) is 2. The standard InChI is InChI=1S/C11H15N3O4/c1-17-9-4-3-7(5-10(9)18-2)11(16)8(15)6-13-14-12/h3-5,8,11,15-16H,6H2,1-2H3. The van der Waals surface area contributed by atoms with E-state index in [9.17, 15) is 10.2 Å². The lowest BCUT2D eigenvalue weighted by Gasteiger charge is -2.17. The van der Waals surface area contributed by atoms with Crippen LogP contribution in [0.3, 0.4) is 0 Å². The summed E-state index contributed by atoms with van der Waals surface area (Å²) >= 11 is 0. The molecule has 0 aliphatic rings. The molecule has 2 unspecified atom stereocenters. The first-order valence-electron chi connectivity index (χ1n) is 5.23. The summed E-state index contributed by atoms with van der Waals surface area (Å²) in [5.41, 5.74) is 8.60. The topological polar surface area (TPSA) is 108 Å². The summed E-state index contributed by atoms with van der Waals surface area (Å²) in [6.45, 7) is -0.202. The van der Waals surface area contributed by atoms with Gasteiger partial charge in [0, 0.05) is 4.91 Å². The third-order valence-corrected chi connectivity index (χ3v) is 2.45. The van der Waals surface area contributed by atoms with Crippen molar-refractivity contribution in [2.24, 2.45) is 5.11 Å². The molecule has 0 heterocycles. The summed E-state index contributed by atoms with van der Waals surface area (Å²) in [4.78, 5) is 2.52. The highest BCUT2D eigenvalue weighted by atomic mass is 16.5. The minimum Gasteiger partial charge on any atom is -0.493 e. The number of azide groups is 1. The van der Waals surface area contributed by atoms with Crippen molar-refractivity contribution in [1.29, 1.82) is 0 Å². The summed E-state index contributed by atoms with van der Waals surface area (Å²) in [5.74, 6) is 0.975. The van der Waals surface area contributed by atoms with Crippen molar-refractivity contribution in [2.75, 3.05) is 20.8 Å². The van der Waals surface area contributed by atoms with Crippen LogP contribution in [0, 0.1) is 0 Å². The molecule has 1 rings (SSSR count). The molecule has 2 atom stereocenters. The number of hydrogen-bond acceptors (Lipinski definition) is 5. The van der Waals surface area contributed by atoms with Crippen molar-refractivity contribution in [3.8, 4) is 11.5 Å². The van der Waals surface area contributed by atoms with Crippen LogP contribution in [0.15, 0.2) is 23.3 Å². The fourth-order valence-electron chi connectivity index (χ4n) is 1.48. The molecule has 98 valence electrons. The first-order valence-corrected chi connectivity index (χ1v) is 5.23. The third-order valence-electron chi connectivity index (χ3n) is 2.45. The van der Waals surface area contributed by atoms with E-state index in [1.807, 2.05) is 0 Å². The largest absolute Gasteiger partial charge is 0.493 e. The molecule has 0 aromatic heterocycles. The van der Waals surface area contributed by atoms with E-state index in [0.29, 0.717) is 17.1 Å². The summed E-state index contributed by atoms with van der Waals surface area (Å²) in [5, 5.41) is 22.7. The van der Waals surface area contributed by atoms with E-state index >= 15 is 0 Å². The van der Waals surface area contributed by atoms with Gasteiger partial charge in [0.2, 0.25) is 0 Å². The van der Waals surface area contributed by atoms with Crippen LogP contribution in [-0.2, 0) is 0 Å². The second-order valence-electron chi connectivity index (χ2n) is 3.54. The van der Waals surface area contributed by atoms with Crippen molar-refractivity contribution < 1.29 is 19.7 Å². The maximum atomic E-state index is 9.87. The average Bonchev–Trinajstić information content (AvgIpc) is 2.42. The van der Waals surface area contributed by atoms with Crippen LogP contribution in [0.4, 0.5) is 0 Å². The maximum absolute atomic E-state index is 9.87. The SMILES string of the molecule is COc1ccc(C(O)C(O)CN=[N+]=[N-])cc1OC. The molecule has 0 saturated heterocycles. The molecule has 0 saturated carbocycles. The van der Waals surface area contributed by atoms with Crippen molar-refractivity contribution in [3.05, 3.63) is 34.2 Å². The van der Waals surface area contributed by atoms with E-state index < -0.39 is 12.2 Å². The Bertz CT molecular complexity index is 446. The van der Waals surface area contributed by atoms with Crippen molar-refractivity contribution in [3.63, 3.8) is 0 Å². The zero-order valence-corrected chi connectivity index (χ0v) is 10.1. The van der Waals surface area contributed by atoms with Gasteiger partial charge in [0.05, 0.1) is 26.9 Å².